The fourth-order valence-electron chi connectivity index (χ4n) is 1.88. The van der Waals surface area contributed by atoms with Gasteiger partial charge in [-0.3, -0.25) is 4.90 Å². The third-order valence-corrected chi connectivity index (χ3v) is 2.92. The normalized spacial score (nSPS) is 24.2. The lowest BCUT2D eigenvalue weighted by molar-refractivity contribution is 0.131. The lowest BCUT2D eigenvalue weighted by Crippen LogP contribution is -2.46. The van der Waals surface area contributed by atoms with Gasteiger partial charge in [0.2, 0.25) is 0 Å². The van der Waals surface area contributed by atoms with Crippen LogP contribution in [0.4, 0.5) is 0 Å². The van der Waals surface area contributed by atoms with Crippen LogP contribution in [0.5, 0.6) is 0 Å². The second kappa shape index (κ2) is 6.41. The van der Waals surface area contributed by atoms with Crippen molar-refractivity contribution in [3.63, 3.8) is 0 Å². The minimum atomic E-state index is 0.981. The first-order valence-corrected chi connectivity index (χ1v) is 6.28. The van der Waals surface area contributed by atoms with Crippen molar-refractivity contribution in [2.24, 2.45) is 0 Å². The zero-order valence-corrected chi connectivity index (χ0v) is 10.1. The predicted octanol–water partition coefficient (Wildman–Crippen LogP) is 2.20. The Kier molecular flexibility index (Phi) is 5.49. The molecule has 0 radical (unpaired) electrons. The fraction of sp³-hybridized carbons (Fsp3) is 1.00. The summed E-state index contributed by atoms with van der Waals surface area (Å²) in [5.41, 5.74) is 0. The van der Waals surface area contributed by atoms with Crippen LogP contribution in [0.15, 0.2) is 0 Å². The van der Waals surface area contributed by atoms with Crippen LogP contribution in [-0.2, 0) is 0 Å². The predicted molar refractivity (Wildman–Crippen MR) is 62.7 cm³/mol. The number of hydrogen-bond donors (Lipinski definition) is 0. The van der Waals surface area contributed by atoms with Crippen LogP contribution in [0.3, 0.4) is 0 Å². The molecule has 0 unspecified atom stereocenters. The molecule has 0 aromatic heterocycles. The van der Waals surface area contributed by atoms with Crippen molar-refractivity contribution in [1.29, 1.82) is 0 Å². The van der Waals surface area contributed by atoms with Gasteiger partial charge in [-0.25, -0.2) is 0 Å². The SMILES string of the molecule is CCC.CCN1CCN(C2CC2)CC1. The molecule has 0 bridgehead atoms. The molecule has 1 saturated heterocycles. The monoisotopic (exact) mass is 198 g/mol. The van der Waals surface area contributed by atoms with Gasteiger partial charge in [-0.05, 0) is 19.4 Å². The highest BCUT2D eigenvalue weighted by molar-refractivity contribution is 4.87. The number of piperazine rings is 1. The van der Waals surface area contributed by atoms with Crippen molar-refractivity contribution in [2.75, 3.05) is 32.7 Å². The Morgan fingerprint density at radius 3 is 1.79 bits per heavy atom. The van der Waals surface area contributed by atoms with Crippen molar-refractivity contribution >= 4 is 0 Å². The van der Waals surface area contributed by atoms with Crippen molar-refractivity contribution in [3.05, 3.63) is 0 Å². The molecule has 0 aromatic rings. The van der Waals surface area contributed by atoms with Crippen molar-refractivity contribution < 1.29 is 0 Å². The molecule has 2 fully saturated rings. The van der Waals surface area contributed by atoms with E-state index < -0.39 is 0 Å². The van der Waals surface area contributed by atoms with Gasteiger partial charge in [0.25, 0.3) is 0 Å². The summed E-state index contributed by atoms with van der Waals surface area (Å²) < 4.78 is 0. The van der Waals surface area contributed by atoms with E-state index in [0.29, 0.717) is 0 Å². The Labute approximate surface area is 89.3 Å². The highest BCUT2D eigenvalue weighted by Crippen LogP contribution is 2.27. The first kappa shape index (κ1) is 12.0. The molecule has 1 heterocycles. The van der Waals surface area contributed by atoms with Gasteiger partial charge in [0, 0.05) is 32.2 Å². The Bertz CT molecular complexity index is 135. The molecule has 0 N–H and O–H groups in total. The van der Waals surface area contributed by atoms with Gasteiger partial charge < -0.3 is 4.90 Å². The molecule has 0 atom stereocenters. The largest absolute Gasteiger partial charge is 0.301 e. The average Bonchev–Trinajstić information content (AvgIpc) is 3.03. The summed E-state index contributed by atoms with van der Waals surface area (Å²) in [6.07, 6.45) is 4.18. The standard InChI is InChI=1S/C9H18N2.C3H8/c1-2-10-5-7-11(8-6-10)9-3-4-9;1-3-2/h9H,2-8H2,1H3;3H2,1-2H3. The van der Waals surface area contributed by atoms with E-state index in [2.05, 4.69) is 30.6 Å². The minimum Gasteiger partial charge on any atom is -0.301 e. The average molecular weight is 198 g/mol. The summed E-state index contributed by atoms with van der Waals surface area (Å²) in [6.45, 7) is 13.0. The Hall–Kier alpha value is -0.0800. The number of hydrogen-bond acceptors (Lipinski definition) is 2. The summed E-state index contributed by atoms with van der Waals surface area (Å²) in [7, 11) is 0. The van der Waals surface area contributed by atoms with Gasteiger partial charge in [0.1, 0.15) is 0 Å². The molecule has 0 spiro atoms. The molecule has 2 heteroatoms. The molecule has 0 amide bonds. The van der Waals surface area contributed by atoms with Crippen LogP contribution in [0.25, 0.3) is 0 Å². The fourth-order valence-corrected chi connectivity index (χ4v) is 1.88. The molecule has 2 rings (SSSR count). The number of likely N-dealkylation sites (N-methyl/N-ethyl adjacent to an activating group) is 1. The second-order valence-corrected chi connectivity index (χ2v) is 4.41. The smallest absolute Gasteiger partial charge is 0.0113 e. The highest BCUT2D eigenvalue weighted by Gasteiger charge is 2.30. The van der Waals surface area contributed by atoms with Crippen LogP contribution < -0.4 is 0 Å². The Morgan fingerprint density at radius 2 is 1.43 bits per heavy atom. The molecular formula is C12H26N2. The van der Waals surface area contributed by atoms with Crippen molar-refractivity contribution in [1.82, 2.24) is 9.80 Å². The maximum Gasteiger partial charge on any atom is 0.0113 e. The quantitative estimate of drug-likeness (QED) is 0.671. The third kappa shape index (κ3) is 3.97. The summed E-state index contributed by atoms with van der Waals surface area (Å²) in [5, 5.41) is 0. The van der Waals surface area contributed by atoms with E-state index in [0.717, 1.165) is 6.04 Å². The van der Waals surface area contributed by atoms with Crippen LogP contribution >= 0.6 is 0 Å². The second-order valence-electron chi connectivity index (χ2n) is 4.41. The Morgan fingerprint density at radius 1 is 0.929 bits per heavy atom. The van der Waals surface area contributed by atoms with Gasteiger partial charge >= 0.3 is 0 Å². The van der Waals surface area contributed by atoms with Gasteiger partial charge in [-0.15, -0.1) is 0 Å². The summed E-state index contributed by atoms with van der Waals surface area (Å²) in [4.78, 5) is 5.20. The van der Waals surface area contributed by atoms with Gasteiger partial charge in [-0.2, -0.15) is 0 Å². The highest BCUT2D eigenvalue weighted by atomic mass is 15.3. The van der Waals surface area contributed by atoms with E-state index in [-0.39, 0.29) is 0 Å². The van der Waals surface area contributed by atoms with Crippen LogP contribution in [0, 0.1) is 0 Å². The van der Waals surface area contributed by atoms with E-state index in [4.69, 9.17) is 0 Å². The van der Waals surface area contributed by atoms with Crippen molar-refractivity contribution in [3.8, 4) is 0 Å². The number of rotatable bonds is 2. The summed E-state index contributed by atoms with van der Waals surface area (Å²) in [5.74, 6) is 0. The number of nitrogens with zero attached hydrogens (tertiary/aromatic N) is 2. The molecule has 2 aliphatic rings. The molecule has 14 heavy (non-hydrogen) atoms. The third-order valence-electron chi connectivity index (χ3n) is 2.92. The van der Waals surface area contributed by atoms with E-state index >= 15 is 0 Å². The topological polar surface area (TPSA) is 6.48 Å². The van der Waals surface area contributed by atoms with Crippen LogP contribution in [-0.4, -0.2) is 48.6 Å². The van der Waals surface area contributed by atoms with E-state index in [1.54, 1.807) is 0 Å². The van der Waals surface area contributed by atoms with Gasteiger partial charge in [-0.1, -0.05) is 27.2 Å². The van der Waals surface area contributed by atoms with Gasteiger partial charge in [0.15, 0.2) is 0 Å². The zero-order chi connectivity index (χ0) is 10.4. The molecular weight excluding hydrogens is 172 g/mol. The molecule has 0 aromatic carbocycles. The van der Waals surface area contributed by atoms with Gasteiger partial charge in [0.05, 0.1) is 0 Å². The lowest BCUT2D eigenvalue weighted by atomic mass is 10.3. The molecule has 1 saturated carbocycles. The maximum atomic E-state index is 2.66. The lowest BCUT2D eigenvalue weighted by Gasteiger charge is -2.33. The molecule has 84 valence electrons. The molecule has 2 nitrogen and oxygen atoms in total. The van der Waals surface area contributed by atoms with E-state index in [1.165, 1.54) is 52.0 Å². The first-order valence-electron chi connectivity index (χ1n) is 6.28. The van der Waals surface area contributed by atoms with E-state index in [1.807, 2.05) is 0 Å². The van der Waals surface area contributed by atoms with Crippen LogP contribution in [0.2, 0.25) is 0 Å². The maximum absolute atomic E-state index is 2.66. The molecule has 1 aliphatic carbocycles. The van der Waals surface area contributed by atoms with Crippen LogP contribution in [0.1, 0.15) is 40.0 Å². The Balaban J connectivity index is 0.000000293. The molecule has 1 aliphatic heterocycles. The summed E-state index contributed by atoms with van der Waals surface area (Å²) >= 11 is 0. The zero-order valence-electron chi connectivity index (χ0n) is 10.1. The summed E-state index contributed by atoms with van der Waals surface area (Å²) in [6, 6.07) is 0.981. The minimum absolute atomic E-state index is 0.981. The first-order chi connectivity index (χ1) is 6.81. The van der Waals surface area contributed by atoms with Crippen molar-refractivity contribution in [2.45, 2.75) is 46.1 Å². The van der Waals surface area contributed by atoms with E-state index in [9.17, 15) is 0 Å².